The van der Waals surface area contributed by atoms with E-state index in [4.69, 9.17) is 9.47 Å². The topological polar surface area (TPSA) is 72.9 Å². The minimum Gasteiger partial charge on any atom is -0.428 e. The molecule has 124 valence electrons. The zero-order valence-electron chi connectivity index (χ0n) is 14.0. The van der Waals surface area contributed by atoms with Crippen LogP contribution < -0.4 is 9.64 Å². The molecule has 1 aliphatic heterocycles. The Kier molecular flexibility index (Phi) is 4.45. The van der Waals surface area contributed by atoms with Gasteiger partial charge in [0.15, 0.2) is 0 Å². The average molecular weight is 319 g/mol. The van der Waals surface area contributed by atoms with E-state index in [1.807, 2.05) is 0 Å². The molecular formula is C17H21NO5. The predicted octanol–water partition coefficient (Wildman–Crippen LogP) is 3.15. The molecule has 23 heavy (non-hydrogen) atoms. The standard InChI is InChI=1S/C17H21NO5/c1-10-11(2)15(20)18(14(10)19)12-6-8-13(9-7-12)22-16(21)23-17(3,4)5/h6-11H,1-5H3. The summed E-state index contributed by atoms with van der Waals surface area (Å²) in [5.74, 6) is -0.824. The van der Waals surface area contributed by atoms with Crippen LogP contribution in [-0.4, -0.2) is 23.6 Å². The molecule has 0 radical (unpaired) electrons. The minimum atomic E-state index is -0.805. The van der Waals surface area contributed by atoms with E-state index < -0.39 is 11.8 Å². The van der Waals surface area contributed by atoms with Crippen molar-refractivity contribution in [3.63, 3.8) is 0 Å². The Bertz CT molecular complexity index is 609. The Morgan fingerprint density at radius 3 is 1.91 bits per heavy atom. The summed E-state index contributed by atoms with van der Waals surface area (Å²) in [6, 6.07) is 6.18. The maximum Gasteiger partial charge on any atom is 0.514 e. The van der Waals surface area contributed by atoms with Gasteiger partial charge in [-0.3, -0.25) is 14.5 Å². The van der Waals surface area contributed by atoms with Crippen LogP contribution in [0.1, 0.15) is 34.6 Å². The van der Waals surface area contributed by atoms with Crippen molar-refractivity contribution < 1.29 is 23.9 Å². The minimum absolute atomic E-state index is 0.219. The average Bonchev–Trinajstić information content (AvgIpc) is 2.62. The van der Waals surface area contributed by atoms with Gasteiger partial charge in [-0.05, 0) is 45.0 Å². The van der Waals surface area contributed by atoms with Crippen LogP contribution in [0.15, 0.2) is 24.3 Å². The van der Waals surface area contributed by atoms with Crippen molar-refractivity contribution in [3.8, 4) is 5.75 Å². The molecule has 1 aromatic carbocycles. The molecule has 2 atom stereocenters. The van der Waals surface area contributed by atoms with Gasteiger partial charge in [-0.1, -0.05) is 13.8 Å². The molecule has 1 fully saturated rings. The van der Waals surface area contributed by atoms with Crippen molar-refractivity contribution >= 4 is 23.7 Å². The number of hydrogen-bond acceptors (Lipinski definition) is 5. The van der Waals surface area contributed by atoms with Gasteiger partial charge in [0.25, 0.3) is 0 Å². The summed E-state index contributed by atoms with van der Waals surface area (Å²) < 4.78 is 10.1. The summed E-state index contributed by atoms with van der Waals surface area (Å²) in [4.78, 5) is 37.1. The number of hydrogen-bond donors (Lipinski definition) is 0. The van der Waals surface area contributed by atoms with Crippen molar-refractivity contribution in [2.75, 3.05) is 4.90 Å². The van der Waals surface area contributed by atoms with Crippen LogP contribution in [0.5, 0.6) is 5.75 Å². The second-order valence-corrected chi connectivity index (χ2v) is 6.65. The number of benzene rings is 1. The van der Waals surface area contributed by atoms with Crippen LogP contribution in [0.3, 0.4) is 0 Å². The second-order valence-electron chi connectivity index (χ2n) is 6.65. The van der Waals surface area contributed by atoms with E-state index in [0.717, 1.165) is 0 Å². The summed E-state index contributed by atoms with van der Waals surface area (Å²) in [5.41, 5.74) is -0.176. The van der Waals surface area contributed by atoms with Gasteiger partial charge in [0.05, 0.1) is 5.69 Å². The number of carbonyl (C=O) groups excluding carboxylic acids is 3. The smallest absolute Gasteiger partial charge is 0.428 e. The van der Waals surface area contributed by atoms with Crippen LogP contribution in [-0.2, 0) is 14.3 Å². The van der Waals surface area contributed by atoms with Gasteiger partial charge in [0.2, 0.25) is 11.8 Å². The highest BCUT2D eigenvalue weighted by Gasteiger charge is 2.42. The van der Waals surface area contributed by atoms with Crippen LogP contribution in [0.4, 0.5) is 10.5 Å². The number of nitrogens with zero attached hydrogens (tertiary/aromatic N) is 1. The summed E-state index contributed by atoms with van der Waals surface area (Å²) in [7, 11) is 0. The molecular weight excluding hydrogens is 298 g/mol. The molecule has 1 heterocycles. The molecule has 1 saturated heterocycles. The lowest BCUT2D eigenvalue weighted by atomic mass is 10.00. The fourth-order valence-corrected chi connectivity index (χ4v) is 2.23. The van der Waals surface area contributed by atoms with E-state index in [9.17, 15) is 14.4 Å². The van der Waals surface area contributed by atoms with E-state index >= 15 is 0 Å². The fraction of sp³-hybridized carbons (Fsp3) is 0.471. The molecule has 0 bridgehead atoms. The maximum absolute atomic E-state index is 12.1. The van der Waals surface area contributed by atoms with Crippen molar-refractivity contribution in [1.29, 1.82) is 0 Å². The Morgan fingerprint density at radius 2 is 1.48 bits per heavy atom. The predicted molar refractivity (Wildman–Crippen MR) is 84.1 cm³/mol. The van der Waals surface area contributed by atoms with Gasteiger partial charge in [-0.15, -0.1) is 0 Å². The molecule has 0 aromatic heterocycles. The van der Waals surface area contributed by atoms with Crippen LogP contribution in [0.25, 0.3) is 0 Å². The highest BCUT2D eigenvalue weighted by molar-refractivity contribution is 6.21. The Hall–Kier alpha value is -2.37. The molecule has 2 rings (SSSR count). The summed E-state index contributed by atoms with van der Waals surface area (Å²) >= 11 is 0. The monoisotopic (exact) mass is 319 g/mol. The van der Waals surface area contributed by atoms with Gasteiger partial charge < -0.3 is 9.47 Å². The normalized spacial score (nSPS) is 21.5. The highest BCUT2D eigenvalue weighted by Crippen LogP contribution is 2.31. The first-order valence-corrected chi connectivity index (χ1v) is 7.49. The lowest BCUT2D eigenvalue weighted by Gasteiger charge is -2.19. The van der Waals surface area contributed by atoms with Crippen molar-refractivity contribution in [2.24, 2.45) is 11.8 Å². The van der Waals surface area contributed by atoms with E-state index in [2.05, 4.69) is 0 Å². The third-order valence-electron chi connectivity index (χ3n) is 3.66. The lowest BCUT2D eigenvalue weighted by Crippen LogP contribution is -2.30. The molecule has 1 aromatic rings. The van der Waals surface area contributed by atoms with E-state index in [0.29, 0.717) is 5.69 Å². The van der Waals surface area contributed by atoms with Crippen LogP contribution in [0, 0.1) is 11.8 Å². The fourth-order valence-electron chi connectivity index (χ4n) is 2.23. The lowest BCUT2D eigenvalue weighted by molar-refractivity contribution is -0.122. The molecule has 2 amide bonds. The molecule has 2 unspecified atom stereocenters. The third-order valence-corrected chi connectivity index (χ3v) is 3.66. The zero-order valence-corrected chi connectivity index (χ0v) is 14.0. The van der Waals surface area contributed by atoms with Gasteiger partial charge in [-0.2, -0.15) is 0 Å². The number of carbonyl (C=O) groups is 3. The first-order valence-electron chi connectivity index (χ1n) is 7.49. The number of amides is 2. The number of anilines is 1. The first-order chi connectivity index (χ1) is 10.6. The summed E-state index contributed by atoms with van der Waals surface area (Å²) in [6.45, 7) is 8.70. The van der Waals surface area contributed by atoms with E-state index in [-0.39, 0.29) is 29.4 Å². The maximum atomic E-state index is 12.1. The molecule has 0 spiro atoms. The SMILES string of the molecule is CC1C(=O)N(c2ccc(OC(=O)OC(C)(C)C)cc2)C(=O)C1C. The molecule has 0 aliphatic carbocycles. The largest absolute Gasteiger partial charge is 0.514 e. The molecule has 6 nitrogen and oxygen atoms in total. The summed E-state index contributed by atoms with van der Waals surface area (Å²) in [5, 5.41) is 0. The van der Waals surface area contributed by atoms with Crippen LogP contribution >= 0.6 is 0 Å². The van der Waals surface area contributed by atoms with Gasteiger partial charge in [-0.25, -0.2) is 4.79 Å². The van der Waals surface area contributed by atoms with Crippen molar-refractivity contribution in [2.45, 2.75) is 40.2 Å². The van der Waals surface area contributed by atoms with Crippen molar-refractivity contribution in [3.05, 3.63) is 24.3 Å². The van der Waals surface area contributed by atoms with E-state index in [1.165, 1.54) is 17.0 Å². The number of imide groups is 1. The highest BCUT2D eigenvalue weighted by atomic mass is 16.7. The quantitative estimate of drug-likeness (QED) is 0.475. The number of rotatable bonds is 2. The molecule has 0 saturated carbocycles. The Labute approximate surface area is 135 Å². The van der Waals surface area contributed by atoms with Gasteiger partial charge >= 0.3 is 6.16 Å². The van der Waals surface area contributed by atoms with E-state index in [1.54, 1.807) is 46.8 Å². The first kappa shape index (κ1) is 17.0. The summed E-state index contributed by atoms with van der Waals surface area (Å²) in [6.07, 6.45) is -0.805. The second kappa shape index (κ2) is 6.02. The number of ether oxygens (including phenoxy) is 2. The molecule has 1 aliphatic rings. The molecule has 6 heteroatoms. The van der Waals surface area contributed by atoms with Gasteiger partial charge in [0, 0.05) is 11.8 Å². The zero-order chi connectivity index (χ0) is 17.4. The third kappa shape index (κ3) is 3.70. The Balaban J connectivity index is 2.10. The van der Waals surface area contributed by atoms with Crippen LogP contribution in [0.2, 0.25) is 0 Å². The Morgan fingerprint density at radius 1 is 1.00 bits per heavy atom. The molecule has 0 N–H and O–H groups in total. The van der Waals surface area contributed by atoms with Gasteiger partial charge in [0.1, 0.15) is 11.4 Å². The van der Waals surface area contributed by atoms with Crippen molar-refractivity contribution in [1.82, 2.24) is 0 Å².